The zero-order valence-corrected chi connectivity index (χ0v) is 8.77. The molecule has 0 spiro atoms. The third-order valence-corrected chi connectivity index (χ3v) is 3.44. The van der Waals surface area contributed by atoms with Crippen LogP contribution in [0.4, 0.5) is 0 Å². The summed E-state index contributed by atoms with van der Waals surface area (Å²) in [5.41, 5.74) is 1.52. The summed E-state index contributed by atoms with van der Waals surface area (Å²) in [6.45, 7) is 11.2. The molecule has 1 fully saturated rings. The van der Waals surface area contributed by atoms with Crippen LogP contribution in [0.25, 0.3) is 0 Å². The lowest BCUT2D eigenvalue weighted by Gasteiger charge is -2.32. The smallest absolute Gasteiger partial charge is 0.0180 e. The van der Waals surface area contributed by atoms with Gasteiger partial charge in [0.1, 0.15) is 0 Å². The highest BCUT2D eigenvalue weighted by atomic mass is 14.3. The van der Waals surface area contributed by atoms with Crippen molar-refractivity contribution in [2.24, 2.45) is 17.8 Å². The summed E-state index contributed by atoms with van der Waals surface area (Å²) >= 11 is 0. The van der Waals surface area contributed by atoms with Crippen LogP contribution in [0.5, 0.6) is 0 Å². The van der Waals surface area contributed by atoms with Crippen LogP contribution < -0.4 is 0 Å². The van der Waals surface area contributed by atoms with E-state index >= 15 is 0 Å². The fourth-order valence-electron chi connectivity index (χ4n) is 2.34. The molecule has 1 saturated carbocycles. The average Bonchev–Trinajstić information content (AvgIpc) is 2.03. The molecule has 1 rings (SSSR count). The monoisotopic (exact) mass is 166 g/mol. The number of rotatable bonds is 2. The van der Waals surface area contributed by atoms with Crippen LogP contribution >= 0.6 is 0 Å². The van der Waals surface area contributed by atoms with Crippen LogP contribution in [-0.4, -0.2) is 0 Å². The maximum atomic E-state index is 4.22. The van der Waals surface area contributed by atoms with Crippen molar-refractivity contribution in [1.82, 2.24) is 0 Å². The van der Waals surface area contributed by atoms with E-state index in [1.54, 1.807) is 0 Å². The van der Waals surface area contributed by atoms with Crippen molar-refractivity contribution in [2.45, 2.75) is 46.5 Å². The van der Waals surface area contributed by atoms with Crippen molar-refractivity contribution in [2.75, 3.05) is 0 Å². The fraction of sp³-hybridized carbons (Fsp3) is 0.833. The first kappa shape index (κ1) is 9.83. The quantitative estimate of drug-likeness (QED) is 0.543. The van der Waals surface area contributed by atoms with E-state index in [0.717, 1.165) is 17.8 Å². The first-order valence-electron chi connectivity index (χ1n) is 5.32. The molecule has 0 saturated heterocycles. The summed E-state index contributed by atoms with van der Waals surface area (Å²) in [5, 5.41) is 0. The third kappa shape index (κ3) is 2.12. The average molecular weight is 166 g/mol. The molecule has 0 aromatic carbocycles. The lowest BCUT2D eigenvalue weighted by Crippen LogP contribution is -2.20. The van der Waals surface area contributed by atoms with Gasteiger partial charge in [-0.2, -0.15) is 0 Å². The van der Waals surface area contributed by atoms with Crippen LogP contribution in [0.2, 0.25) is 0 Å². The summed E-state index contributed by atoms with van der Waals surface area (Å²) in [4.78, 5) is 0. The molecule has 0 aliphatic heterocycles. The molecule has 0 amide bonds. The molecule has 0 radical (unpaired) electrons. The second-order valence-electron chi connectivity index (χ2n) is 4.54. The van der Waals surface area contributed by atoms with Crippen LogP contribution in [0.3, 0.4) is 0 Å². The van der Waals surface area contributed by atoms with Crippen molar-refractivity contribution < 1.29 is 0 Å². The van der Waals surface area contributed by atoms with Crippen molar-refractivity contribution in [3.63, 3.8) is 0 Å². The molecule has 3 atom stereocenters. The van der Waals surface area contributed by atoms with Gasteiger partial charge < -0.3 is 0 Å². The molecule has 0 aromatic rings. The van der Waals surface area contributed by atoms with Gasteiger partial charge in [-0.3, -0.25) is 0 Å². The highest BCUT2D eigenvalue weighted by molar-refractivity contribution is 5.06. The van der Waals surface area contributed by atoms with E-state index in [-0.39, 0.29) is 0 Å². The maximum absolute atomic E-state index is 4.22. The summed E-state index contributed by atoms with van der Waals surface area (Å²) in [7, 11) is 0. The van der Waals surface area contributed by atoms with E-state index in [0.29, 0.717) is 0 Å². The molecule has 1 aliphatic rings. The van der Waals surface area contributed by atoms with Crippen molar-refractivity contribution in [3.05, 3.63) is 12.2 Å². The zero-order chi connectivity index (χ0) is 9.14. The lowest BCUT2D eigenvalue weighted by molar-refractivity contribution is 0.290. The van der Waals surface area contributed by atoms with Crippen LogP contribution in [-0.2, 0) is 0 Å². The minimum Gasteiger partial charge on any atom is -0.0996 e. The van der Waals surface area contributed by atoms with Crippen molar-refractivity contribution in [1.29, 1.82) is 0 Å². The minimum absolute atomic E-state index is 0.825. The molecule has 1 aliphatic carbocycles. The Hall–Kier alpha value is -0.260. The molecule has 0 bridgehead atoms. The van der Waals surface area contributed by atoms with Gasteiger partial charge in [-0.15, -0.1) is 0 Å². The molecule has 0 N–H and O–H groups in total. The Morgan fingerprint density at radius 3 is 2.67 bits per heavy atom. The SMILES string of the molecule is C=C1C[C@@H](C)CCC1C(C)CC. The largest absolute Gasteiger partial charge is 0.0996 e. The Morgan fingerprint density at radius 2 is 2.17 bits per heavy atom. The van der Waals surface area contributed by atoms with Crippen LogP contribution in [0, 0.1) is 17.8 Å². The highest BCUT2D eigenvalue weighted by Crippen LogP contribution is 2.37. The van der Waals surface area contributed by atoms with Gasteiger partial charge in [0.05, 0.1) is 0 Å². The highest BCUT2D eigenvalue weighted by Gasteiger charge is 2.24. The molecule has 70 valence electrons. The minimum atomic E-state index is 0.825. The van der Waals surface area contributed by atoms with Crippen molar-refractivity contribution >= 4 is 0 Å². The first-order chi connectivity index (χ1) is 5.65. The third-order valence-electron chi connectivity index (χ3n) is 3.44. The standard InChI is InChI=1S/C12H22/c1-5-10(3)12-7-6-9(2)8-11(12)4/h9-10,12H,4-8H2,1-3H3/t9-,10?,12?/m0/s1. The van der Waals surface area contributed by atoms with E-state index in [1.165, 1.54) is 31.3 Å². The topological polar surface area (TPSA) is 0 Å². The van der Waals surface area contributed by atoms with E-state index in [2.05, 4.69) is 27.4 Å². The van der Waals surface area contributed by atoms with Gasteiger partial charge in [0.2, 0.25) is 0 Å². The normalized spacial score (nSPS) is 33.4. The van der Waals surface area contributed by atoms with E-state index in [9.17, 15) is 0 Å². The van der Waals surface area contributed by atoms with Crippen molar-refractivity contribution in [3.8, 4) is 0 Å². The van der Waals surface area contributed by atoms with Crippen LogP contribution in [0.1, 0.15) is 46.5 Å². The number of hydrogen-bond acceptors (Lipinski definition) is 0. The predicted octanol–water partition coefficient (Wildman–Crippen LogP) is 4.02. The van der Waals surface area contributed by atoms with Gasteiger partial charge in [-0.25, -0.2) is 0 Å². The Kier molecular flexibility index (Phi) is 3.37. The van der Waals surface area contributed by atoms with Gasteiger partial charge in [-0.05, 0) is 37.0 Å². The Bertz CT molecular complexity index is 157. The number of allylic oxidation sites excluding steroid dienone is 1. The summed E-state index contributed by atoms with van der Waals surface area (Å²) in [5.74, 6) is 2.56. The van der Waals surface area contributed by atoms with Crippen LogP contribution in [0.15, 0.2) is 12.2 Å². The predicted molar refractivity (Wildman–Crippen MR) is 55.1 cm³/mol. The molecule has 0 heteroatoms. The van der Waals surface area contributed by atoms with Gasteiger partial charge in [0.15, 0.2) is 0 Å². The molecule has 0 aromatic heterocycles. The van der Waals surface area contributed by atoms with E-state index < -0.39 is 0 Å². The van der Waals surface area contributed by atoms with Gasteiger partial charge in [-0.1, -0.05) is 39.3 Å². The molecule has 0 nitrogen and oxygen atoms in total. The summed E-state index contributed by atoms with van der Waals surface area (Å²) in [6.07, 6.45) is 5.37. The van der Waals surface area contributed by atoms with Gasteiger partial charge >= 0.3 is 0 Å². The molecule has 12 heavy (non-hydrogen) atoms. The summed E-state index contributed by atoms with van der Waals surface area (Å²) < 4.78 is 0. The van der Waals surface area contributed by atoms with Gasteiger partial charge in [0, 0.05) is 0 Å². The Balaban J connectivity index is 2.50. The Labute approximate surface area is 77.1 Å². The summed E-state index contributed by atoms with van der Waals surface area (Å²) in [6, 6.07) is 0. The lowest BCUT2D eigenvalue weighted by atomic mass is 9.73. The number of hydrogen-bond donors (Lipinski definition) is 0. The molecule has 2 unspecified atom stereocenters. The zero-order valence-electron chi connectivity index (χ0n) is 8.77. The molecular weight excluding hydrogens is 144 g/mol. The van der Waals surface area contributed by atoms with E-state index in [4.69, 9.17) is 0 Å². The Morgan fingerprint density at radius 1 is 1.50 bits per heavy atom. The maximum Gasteiger partial charge on any atom is -0.0180 e. The fourth-order valence-corrected chi connectivity index (χ4v) is 2.34. The van der Waals surface area contributed by atoms with E-state index in [1.807, 2.05) is 0 Å². The second kappa shape index (κ2) is 4.11. The molecular formula is C12H22. The second-order valence-corrected chi connectivity index (χ2v) is 4.54. The molecule has 0 heterocycles. The van der Waals surface area contributed by atoms with Gasteiger partial charge in [0.25, 0.3) is 0 Å². The first-order valence-corrected chi connectivity index (χ1v) is 5.32.